The van der Waals surface area contributed by atoms with E-state index in [-0.39, 0.29) is 23.8 Å². The number of rotatable bonds is 3. The van der Waals surface area contributed by atoms with Crippen molar-refractivity contribution in [3.8, 4) is 0 Å². The fourth-order valence-electron chi connectivity index (χ4n) is 3.79. The van der Waals surface area contributed by atoms with Gasteiger partial charge in [0.1, 0.15) is 17.3 Å². The van der Waals surface area contributed by atoms with E-state index < -0.39 is 0 Å². The van der Waals surface area contributed by atoms with Crippen molar-refractivity contribution < 1.29 is 9.18 Å². The van der Waals surface area contributed by atoms with Gasteiger partial charge in [-0.1, -0.05) is 0 Å². The summed E-state index contributed by atoms with van der Waals surface area (Å²) in [5.41, 5.74) is 2.10. The summed E-state index contributed by atoms with van der Waals surface area (Å²) in [6, 6.07) is 8.43. The van der Waals surface area contributed by atoms with E-state index in [1.165, 1.54) is 12.1 Å². The van der Waals surface area contributed by atoms with Crippen molar-refractivity contribution in [2.45, 2.75) is 45.2 Å². The van der Waals surface area contributed by atoms with Crippen LogP contribution in [-0.4, -0.2) is 31.9 Å². The highest BCUT2D eigenvalue weighted by Gasteiger charge is 2.32. The Balaban J connectivity index is 1.69. The van der Waals surface area contributed by atoms with Gasteiger partial charge in [0.05, 0.1) is 17.1 Å². The van der Waals surface area contributed by atoms with Crippen LogP contribution in [0.3, 0.4) is 0 Å². The van der Waals surface area contributed by atoms with Gasteiger partial charge in [-0.05, 0) is 63.4 Å². The van der Waals surface area contributed by atoms with Crippen molar-refractivity contribution >= 4 is 16.9 Å². The first-order valence-corrected chi connectivity index (χ1v) is 9.17. The Morgan fingerprint density at radius 2 is 2.15 bits per heavy atom. The number of aromatic amines is 1. The van der Waals surface area contributed by atoms with E-state index in [1.54, 1.807) is 6.07 Å². The highest BCUT2D eigenvalue weighted by Crippen LogP contribution is 2.32. The first kappa shape index (κ1) is 16.8. The quantitative estimate of drug-likeness (QED) is 0.755. The third-order valence-corrected chi connectivity index (χ3v) is 5.10. The number of imidazole rings is 1. The lowest BCUT2D eigenvalue weighted by Gasteiger charge is -2.35. The molecule has 0 aliphatic carbocycles. The molecule has 136 valence electrons. The van der Waals surface area contributed by atoms with Crippen molar-refractivity contribution in [3.05, 3.63) is 53.9 Å². The topological polar surface area (TPSA) is 53.9 Å². The molecule has 5 nitrogen and oxygen atoms in total. The summed E-state index contributed by atoms with van der Waals surface area (Å²) >= 11 is 0. The van der Waals surface area contributed by atoms with Gasteiger partial charge in [-0.2, -0.15) is 0 Å². The molecule has 1 aromatic carbocycles. The first-order chi connectivity index (χ1) is 12.5. The first-order valence-electron chi connectivity index (χ1n) is 9.17. The minimum absolute atomic E-state index is 0.0278. The molecule has 1 saturated heterocycles. The zero-order valence-corrected chi connectivity index (χ0v) is 15.1. The van der Waals surface area contributed by atoms with Gasteiger partial charge in [0.15, 0.2) is 0 Å². The highest BCUT2D eigenvalue weighted by atomic mass is 19.1. The molecule has 0 bridgehead atoms. The van der Waals surface area contributed by atoms with E-state index in [0.29, 0.717) is 17.8 Å². The summed E-state index contributed by atoms with van der Waals surface area (Å²) in [7, 11) is 0. The summed E-state index contributed by atoms with van der Waals surface area (Å²) in [5.74, 6) is 0.473. The molecule has 6 heteroatoms. The Hall–Kier alpha value is -2.63. The Labute approximate surface area is 151 Å². The van der Waals surface area contributed by atoms with Gasteiger partial charge in [0.25, 0.3) is 5.91 Å². The second kappa shape index (κ2) is 6.59. The zero-order chi connectivity index (χ0) is 18.3. The predicted molar refractivity (Wildman–Crippen MR) is 98.5 cm³/mol. The Morgan fingerprint density at radius 3 is 2.96 bits per heavy atom. The predicted octanol–water partition coefficient (Wildman–Crippen LogP) is 4.45. The van der Waals surface area contributed by atoms with E-state index in [2.05, 4.69) is 23.8 Å². The summed E-state index contributed by atoms with van der Waals surface area (Å²) in [6.07, 6.45) is 4.84. The highest BCUT2D eigenvalue weighted by molar-refractivity contribution is 5.93. The molecule has 26 heavy (non-hydrogen) atoms. The monoisotopic (exact) mass is 354 g/mol. The second-order valence-corrected chi connectivity index (χ2v) is 7.19. The molecule has 3 aromatic rings. The van der Waals surface area contributed by atoms with Crippen LogP contribution in [-0.2, 0) is 0 Å². The molecule has 4 rings (SSSR count). The molecule has 2 aromatic heterocycles. The van der Waals surface area contributed by atoms with Crippen LogP contribution in [0.15, 0.2) is 36.5 Å². The number of likely N-dealkylation sites (tertiary alicyclic amines) is 1. The smallest absolute Gasteiger partial charge is 0.271 e. The minimum Gasteiger partial charge on any atom is -0.341 e. The van der Waals surface area contributed by atoms with E-state index in [9.17, 15) is 9.18 Å². The summed E-state index contributed by atoms with van der Waals surface area (Å²) in [6.45, 7) is 4.84. The maximum atomic E-state index is 13.5. The fraction of sp³-hybridized carbons (Fsp3) is 0.400. The maximum Gasteiger partial charge on any atom is 0.271 e. The molecule has 0 radical (unpaired) electrons. The number of aromatic nitrogens is 3. The number of carbonyl (C=O) groups excluding carboxylic acids is 1. The number of hydrogen-bond acceptors (Lipinski definition) is 2. The Bertz CT molecular complexity index is 942. The lowest BCUT2D eigenvalue weighted by molar-refractivity contribution is 0.0588. The van der Waals surface area contributed by atoms with Crippen LogP contribution >= 0.6 is 0 Å². The second-order valence-electron chi connectivity index (χ2n) is 7.19. The van der Waals surface area contributed by atoms with E-state index in [4.69, 9.17) is 0 Å². The average molecular weight is 354 g/mol. The van der Waals surface area contributed by atoms with Crippen LogP contribution in [0, 0.1) is 5.82 Å². The number of fused-ring (bicyclic) bond motifs is 1. The molecule has 1 atom stereocenters. The van der Waals surface area contributed by atoms with Crippen molar-refractivity contribution in [1.82, 2.24) is 19.4 Å². The molecule has 3 heterocycles. The molecule has 0 spiro atoms. The Kier molecular flexibility index (Phi) is 4.26. The molecular formula is C20H23FN4O. The summed E-state index contributed by atoms with van der Waals surface area (Å²) < 4.78 is 15.5. The number of halogens is 1. The van der Waals surface area contributed by atoms with Gasteiger partial charge in [-0.3, -0.25) is 4.79 Å². The number of benzene rings is 1. The van der Waals surface area contributed by atoms with Crippen molar-refractivity contribution in [2.24, 2.45) is 0 Å². The summed E-state index contributed by atoms with van der Waals surface area (Å²) in [5, 5.41) is 0. The molecule has 1 amide bonds. The van der Waals surface area contributed by atoms with Crippen molar-refractivity contribution in [1.29, 1.82) is 0 Å². The zero-order valence-electron chi connectivity index (χ0n) is 15.1. The van der Waals surface area contributed by atoms with Crippen LogP contribution in [0.5, 0.6) is 0 Å². The van der Waals surface area contributed by atoms with Crippen molar-refractivity contribution in [2.75, 3.05) is 6.54 Å². The van der Waals surface area contributed by atoms with Gasteiger partial charge in [0.2, 0.25) is 0 Å². The van der Waals surface area contributed by atoms with E-state index in [1.807, 2.05) is 27.8 Å². The van der Waals surface area contributed by atoms with Gasteiger partial charge < -0.3 is 14.5 Å². The van der Waals surface area contributed by atoms with Crippen LogP contribution in [0.2, 0.25) is 0 Å². The van der Waals surface area contributed by atoms with Gasteiger partial charge in [-0.15, -0.1) is 0 Å². The minimum atomic E-state index is -0.293. The molecule has 1 fully saturated rings. The molecule has 1 aliphatic heterocycles. The van der Waals surface area contributed by atoms with E-state index in [0.717, 1.165) is 30.6 Å². The van der Waals surface area contributed by atoms with Gasteiger partial charge in [-0.25, -0.2) is 9.37 Å². The van der Waals surface area contributed by atoms with Crippen LogP contribution in [0.1, 0.15) is 61.5 Å². The maximum absolute atomic E-state index is 13.5. The average Bonchev–Trinajstić information content (AvgIpc) is 3.27. The van der Waals surface area contributed by atoms with Crippen molar-refractivity contribution in [3.63, 3.8) is 0 Å². The molecule has 0 unspecified atom stereocenters. The third-order valence-electron chi connectivity index (χ3n) is 5.10. The lowest BCUT2D eigenvalue weighted by atomic mass is 10.0. The number of amides is 1. The largest absolute Gasteiger partial charge is 0.341 e. The van der Waals surface area contributed by atoms with Crippen LogP contribution in [0.25, 0.3) is 11.0 Å². The number of hydrogen-bond donors (Lipinski definition) is 1. The standard InChI is InChI=1S/C20H23FN4O/c1-13(2)24-11-5-7-18(24)20(26)25-10-4-3-6-17(25)19-22-15-9-8-14(21)12-16(15)23-19/h5,7-9,11-13,17H,3-4,6,10H2,1-2H3,(H,22,23)/t17-/m1/s1. The molecular weight excluding hydrogens is 331 g/mol. The number of H-pyrrole nitrogens is 1. The van der Waals surface area contributed by atoms with Crippen LogP contribution in [0.4, 0.5) is 4.39 Å². The normalized spacial score (nSPS) is 18.0. The summed E-state index contributed by atoms with van der Waals surface area (Å²) in [4.78, 5) is 23.0. The van der Waals surface area contributed by atoms with Gasteiger partial charge in [0, 0.05) is 18.8 Å². The fourth-order valence-corrected chi connectivity index (χ4v) is 3.79. The molecule has 1 N–H and O–H groups in total. The number of nitrogens with one attached hydrogen (secondary N) is 1. The number of piperidine rings is 1. The SMILES string of the molecule is CC(C)n1cccc1C(=O)N1CCCC[C@@H]1c1nc2ccc(F)cc2[nH]1. The lowest BCUT2D eigenvalue weighted by Crippen LogP contribution is -2.40. The number of carbonyl (C=O) groups is 1. The molecule has 1 aliphatic rings. The van der Waals surface area contributed by atoms with Crippen LogP contribution < -0.4 is 0 Å². The number of nitrogens with zero attached hydrogens (tertiary/aromatic N) is 3. The Morgan fingerprint density at radius 1 is 1.31 bits per heavy atom. The molecule has 0 saturated carbocycles. The van der Waals surface area contributed by atoms with Gasteiger partial charge >= 0.3 is 0 Å². The van der Waals surface area contributed by atoms with E-state index >= 15 is 0 Å². The third kappa shape index (κ3) is 2.89.